The fourth-order valence-corrected chi connectivity index (χ4v) is 9.44. The maximum absolute atomic E-state index is 6.81. The maximum Gasteiger partial charge on any atom is 2.00 e. The van der Waals surface area contributed by atoms with Gasteiger partial charge in [-0.25, -0.2) is 4.98 Å². The van der Waals surface area contributed by atoms with E-state index >= 15 is 0 Å². The van der Waals surface area contributed by atoms with Crippen molar-refractivity contribution >= 4 is 43.6 Å². The van der Waals surface area contributed by atoms with E-state index in [9.17, 15) is 0 Å². The van der Waals surface area contributed by atoms with Crippen LogP contribution in [0.5, 0.6) is 11.5 Å². The van der Waals surface area contributed by atoms with Crippen molar-refractivity contribution in [2.24, 2.45) is 0 Å². The normalized spacial score (nSPS) is 12.0. The largest absolute Gasteiger partial charge is 2.00 e. The molecule has 0 radical (unpaired) electrons. The van der Waals surface area contributed by atoms with Gasteiger partial charge in [-0.2, -0.15) is 11.2 Å². The Morgan fingerprint density at radius 3 is 2.00 bits per heavy atom. The zero-order chi connectivity index (χ0) is 42.9. The van der Waals surface area contributed by atoms with Crippen LogP contribution in [0.3, 0.4) is 0 Å². The van der Waals surface area contributed by atoms with Crippen LogP contribution in [-0.2, 0) is 39.3 Å². The predicted octanol–water partition coefficient (Wildman–Crippen LogP) is 14.4. The summed E-state index contributed by atoms with van der Waals surface area (Å²) in [4.78, 5) is 5.06. The molecule has 0 aliphatic rings. The molecule has 0 saturated heterocycles. The molecule has 10 rings (SSSR count). The van der Waals surface area contributed by atoms with Crippen molar-refractivity contribution in [1.82, 2.24) is 23.9 Å². The van der Waals surface area contributed by atoms with Crippen molar-refractivity contribution in [3.8, 4) is 39.8 Å². The van der Waals surface area contributed by atoms with E-state index in [1.165, 1.54) is 32.9 Å². The number of rotatable bonds is 9. The third-order valence-corrected chi connectivity index (χ3v) is 12.3. The molecule has 0 saturated carbocycles. The summed E-state index contributed by atoms with van der Waals surface area (Å²) in [6, 6.07) is 52.7. The number of fused-ring (bicyclic) bond motifs is 6. The predicted molar refractivity (Wildman–Crippen MR) is 256 cm³/mol. The third kappa shape index (κ3) is 7.19. The van der Waals surface area contributed by atoms with E-state index in [0.717, 1.165) is 79.9 Å². The van der Waals surface area contributed by atoms with Crippen molar-refractivity contribution in [2.45, 2.75) is 79.6 Å². The Balaban J connectivity index is 0.00000504. The Bertz CT molecular complexity index is 3260. The number of hydrogen-bond acceptors (Lipinski definition) is 3. The Morgan fingerprint density at radius 1 is 0.667 bits per heavy atom. The molecule has 0 aliphatic carbocycles. The third-order valence-electron chi connectivity index (χ3n) is 12.3. The number of benzene rings is 6. The van der Waals surface area contributed by atoms with Crippen LogP contribution in [-0.4, -0.2) is 23.9 Å². The molecule has 0 fully saturated rings. The fraction of sp³-hybridized carbons (Fsp3) is 0.214. The number of aromatic nitrogens is 5. The first kappa shape index (κ1) is 42.1. The van der Waals surface area contributed by atoms with Gasteiger partial charge in [-0.05, 0) is 65.6 Å². The van der Waals surface area contributed by atoms with Crippen LogP contribution in [0.4, 0.5) is 0 Å². The molecule has 63 heavy (non-hydrogen) atoms. The smallest absolute Gasteiger partial charge is 0.509 e. The average molecular weight is 1010 g/mol. The average Bonchev–Trinajstić information content (AvgIpc) is 3.94. The van der Waals surface area contributed by atoms with Crippen molar-refractivity contribution in [3.05, 3.63) is 174 Å². The summed E-state index contributed by atoms with van der Waals surface area (Å²) < 4.78 is 13.6. The molecule has 4 aromatic heterocycles. The molecule has 7 heteroatoms. The van der Waals surface area contributed by atoms with Gasteiger partial charge in [0.1, 0.15) is 5.82 Å². The summed E-state index contributed by atoms with van der Waals surface area (Å²) >= 11 is 0. The van der Waals surface area contributed by atoms with E-state index in [4.69, 9.17) is 14.8 Å². The first-order chi connectivity index (χ1) is 30.0. The van der Waals surface area contributed by atoms with Crippen LogP contribution in [0.15, 0.2) is 134 Å². The van der Waals surface area contributed by atoms with Gasteiger partial charge in [0.15, 0.2) is 0 Å². The molecule has 0 amide bonds. The molecule has 4 heterocycles. The van der Waals surface area contributed by atoms with Crippen LogP contribution in [0.1, 0.15) is 82.5 Å². The number of pyridine rings is 1. The van der Waals surface area contributed by atoms with Crippen LogP contribution in [0.2, 0.25) is 0 Å². The van der Waals surface area contributed by atoms with Gasteiger partial charge >= 0.3 is 21.1 Å². The second-order valence-corrected chi connectivity index (χ2v) is 17.7. The molecule has 0 aliphatic heterocycles. The number of nitrogens with zero attached hydrogens (tertiary/aromatic N) is 5. The Hall–Kier alpha value is -6.23. The Labute approximate surface area is 384 Å². The standard InChI is InChI=1S/C56H51N5O.Pt/c1-9-37-20-16-23-47-48-24-17-21-38(10-2)54(48)59(53(37)47)41-28-29-57-51(33-41)60-49-25-15-14-22-45(49)46-27-26-43(34-50(46)60)62-44-31-40(35(3)4)30-42(32-44)61-55(56(6,7)8)52(36(5)58-61)39-18-12-11-13-19-39;/h11-31,33,35H,9-10H2,1-8H3;/q-2;+2. The van der Waals surface area contributed by atoms with E-state index < -0.39 is 0 Å². The summed E-state index contributed by atoms with van der Waals surface area (Å²) in [5, 5.41) is 9.93. The Morgan fingerprint density at radius 2 is 1.33 bits per heavy atom. The number of para-hydroxylation sites is 3. The molecule has 10 aromatic rings. The number of ether oxygens (including phenoxy) is 1. The first-order valence-electron chi connectivity index (χ1n) is 21.9. The minimum Gasteiger partial charge on any atom is -0.509 e. The molecule has 6 nitrogen and oxygen atoms in total. The van der Waals surface area contributed by atoms with Crippen molar-refractivity contribution in [3.63, 3.8) is 0 Å². The van der Waals surface area contributed by atoms with Crippen LogP contribution in [0.25, 0.3) is 71.9 Å². The second-order valence-electron chi connectivity index (χ2n) is 17.7. The minimum absolute atomic E-state index is 0. The fourth-order valence-electron chi connectivity index (χ4n) is 9.44. The van der Waals surface area contributed by atoms with E-state index in [0.29, 0.717) is 11.5 Å². The van der Waals surface area contributed by atoms with E-state index in [-0.39, 0.29) is 32.4 Å². The van der Waals surface area contributed by atoms with Crippen molar-refractivity contribution < 1.29 is 25.8 Å². The zero-order valence-electron chi connectivity index (χ0n) is 37.2. The van der Waals surface area contributed by atoms with Gasteiger partial charge in [0.2, 0.25) is 0 Å². The summed E-state index contributed by atoms with van der Waals surface area (Å²) in [7, 11) is 0. The SMILES string of the molecule is CCc1cccc2c3cccc(CC)c3n(-c3ccnc(-n4c5[c-]c(Oc6[c-]c(-n7nc(C)c(-c8ccccc8)c7C(C)(C)C)cc(C(C)C)c6)ccc5c5ccccc54)c3)c12.[Pt+2]. The maximum atomic E-state index is 6.81. The zero-order valence-corrected chi connectivity index (χ0v) is 39.4. The minimum atomic E-state index is -0.204. The quantitative estimate of drug-likeness (QED) is 0.135. The summed E-state index contributed by atoms with van der Waals surface area (Å²) in [5.41, 5.74) is 14.4. The number of hydrogen-bond donors (Lipinski definition) is 0. The molecule has 316 valence electrons. The van der Waals surface area contributed by atoms with Crippen molar-refractivity contribution in [2.75, 3.05) is 0 Å². The van der Waals surface area contributed by atoms with Gasteiger partial charge in [-0.3, -0.25) is 4.68 Å². The van der Waals surface area contributed by atoms with E-state index in [2.05, 4.69) is 203 Å². The van der Waals surface area contributed by atoms with Gasteiger partial charge in [-0.15, -0.1) is 41.3 Å². The van der Waals surface area contributed by atoms with Crippen molar-refractivity contribution in [1.29, 1.82) is 0 Å². The molecule has 0 N–H and O–H groups in total. The number of aryl methyl sites for hydroxylation is 3. The monoisotopic (exact) mass is 1000 g/mol. The second kappa shape index (κ2) is 16.5. The molecule has 0 atom stereocenters. The molecule has 0 unspecified atom stereocenters. The van der Waals surface area contributed by atoms with Gasteiger partial charge in [0, 0.05) is 51.0 Å². The van der Waals surface area contributed by atoms with Crippen LogP contribution >= 0.6 is 0 Å². The summed E-state index contributed by atoms with van der Waals surface area (Å²) in [6.45, 7) is 17.7. The Kier molecular flexibility index (Phi) is 11.0. The molecule has 0 bridgehead atoms. The van der Waals surface area contributed by atoms with Gasteiger partial charge in [0.25, 0.3) is 0 Å². The van der Waals surface area contributed by atoms with Crippen LogP contribution in [0, 0.1) is 19.1 Å². The topological polar surface area (TPSA) is 49.8 Å². The first-order valence-corrected chi connectivity index (χ1v) is 21.9. The molecule has 0 spiro atoms. The molecule has 6 aromatic carbocycles. The van der Waals surface area contributed by atoms with E-state index in [1.807, 2.05) is 12.3 Å². The van der Waals surface area contributed by atoms with Gasteiger partial charge in [0.05, 0.1) is 28.1 Å². The van der Waals surface area contributed by atoms with Gasteiger partial charge < -0.3 is 13.9 Å². The summed E-state index contributed by atoms with van der Waals surface area (Å²) in [6.07, 6.45) is 3.81. The van der Waals surface area contributed by atoms with Crippen LogP contribution < -0.4 is 4.74 Å². The summed E-state index contributed by atoms with van der Waals surface area (Å²) in [5.74, 6) is 2.27. The van der Waals surface area contributed by atoms with E-state index in [1.54, 1.807) is 0 Å². The van der Waals surface area contributed by atoms with Gasteiger partial charge in [-0.1, -0.05) is 139 Å². The molecular weight excluding hydrogens is 954 g/mol. The molecular formula is C56H51N5OPt.